The van der Waals surface area contributed by atoms with Gasteiger partial charge in [-0.2, -0.15) is 0 Å². The Hall–Kier alpha value is -3.35. The summed E-state index contributed by atoms with van der Waals surface area (Å²) in [4.78, 5) is 41.2. The fourth-order valence-corrected chi connectivity index (χ4v) is 4.10. The molecule has 1 atom stereocenters. The molecule has 3 amide bonds. The summed E-state index contributed by atoms with van der Waals surface area (Å²) in [6.45, 7) is 13.4. The molecule has 202 valence electrons. The van der Waals surface area contributed by atoms with E-state index in [9.17, 15) is 14.4 Å². The second kappa shape index (κ2) is 13.8. The molecule has 0 heterocycles. The Kier molecular flexibility index (Phi) is 11.2. The van der Waals surface area contributed by atoms with Gasteiger partial charge >= 0.3 is 6.09 Å². The molecule has 0 radical (unpaired) electrons. The highest BCUT2D eigenvalue weighted by Gasteiger charge is 2.32. The fraction of sp³-hybridized carbons (Fsp3) is 0.500. The average molecular weight is 510 g/mol. The Morgan fingerprint density at radius 2 is 1.54 bits per heavy atom. The first-order valence-electron chi connectivity index (χ1n) is 13.1. The van der Waals surface area contributed by atoms with Gasteiger partial charge in [-0.05, 0) is 64.7 Å². The Morgan fingerprint density at radius 3 is 2.11 bits per heavy atom. The number of carbonyl (C=O) groups excluding carboxylic acids is 3. The maximum Gasteiger partial charge on any atom is 0.408 e. The van der Waals surface area contributed by atoms with E-state index in [0.29, 0.717) is 6.54 Å². The second-order valence-electron chi connectivity index (χ2n) is 10.6. The second-order valence-corrected chi connectivity index (χ2v) is 10.6. The van der Waals surface area contributed by atoms with Gasteiger partial charge in [0.2, 0.25) is 5.91 Å². The highest BCUT2D eigenvalue weighted by atomic mass is 16.6. The molecule has 2 aromatic carbocycles. The van der Waals surface area contributed by atoms with Crippen LogP contribution in [0.5, 0.6) is 0 Å². The molecule has 37 heavy (non-hydrogen) atoms. The van der Waals surface area contributed by atoms with Crippen molar-refractivity contribution in [3.63, 3.8) is 0 Å². The maximum atomic E-state index is 13.8. The van der Waals surface area contributed by atoms with E-state index >= 15 is 0 Å². The third-order valence-electron chi connectivity index (χ3n) is 6.04. The highest BCUT2D eigenvalue weighted by Crippen LogP contribution is 2.27. The molecule has 1 unspecified atom stereocenters. The number of para-hydroxylation sites is 1. The van der Waals surface area contributed by atoms with E-state index in [1.165, 1.54) is 0 Å². The lowest BCUT2D eigenvalue weighted by Gasteiger charge is -2.32. The van der Waals surface area contributed by atoms with Gasteiger partial charge in [0.1, 0.15) is 18.2 Å². The lowest BCUT2D eigenvalue weighted by molar-refractivity contribution is -0.138. The smallest absolute Gasteiger partial charge is 0.408 e. The molecule has 0 saturated heterocycles. The van der Waals surface area contributed by atoms with E-state index in [1.807, 2.05) is 63.2 Å². The summed E-state index contributed by atoms with van der Waals surface area (Å²) in [7, 11) is 0. The zero-order valence-electron chi connectivity index (χ0n) is 23.4. The molecule has 0 spiro atoms. The number of amides is 3. The lowest BCUT2D eigenvalue weighted by Crippen LogP contribution is -2.47. The van der Waals surface area contributed by atoms with Crippen molar-refractivity contribution in [1.29, 1.82) is 0 Å². The molecule has 0 aromatic heterocycles. The summed E-state index contributed by atoms with van der Waals surface area (Å²) >= 11 is 0. The first-order chi connectivity index (χ1) is 17.4. The third-order valence-corrected chi connectivity index (χ3v) is 6.04. The van der Waals surface area contributed by atoms with Crippen LogP contribution in [0.4, 0.5) is 10.5 Å². The summed E-state index contributed by atoms with van der Waals surface area (Å²) < 4.78 is 5.29. The van der Waals surface area contributed by atoms with Gasteiger partial charge in [-0.25, -0.2) is 4.79 Å². The molecule has 2 aromatic rings. The predicted molar refractivity (Wildman–Crippen MR) is 149 cm³/mol. The van der Waals surface area contributed by atoms with Gasteiger partial charge in [0.15, 0.2) is 0 Å². The molecule has 0 fully saturated rings. The number of aryl methyl sites for hydroxylation is 3. The molecule has 0 bridgehead atoms. The van der Waals surface area contributed by atoms with Gasteiger partial charge in [0.25, 0.3) is 5.91 Å². The number of hydrogen-bond acceptors (Lipinski definition) is 4. The van der Waals surface area contributed by atoms with Gasteiger partial charge in [-0.3, -0.25) is 9.59 Å². The SMILES string of the molecule is CCCCCCN(C(=O)CNC(=O)OC(C)(C)C)C(C(=O)Nc1c(C)cccc1C)c1ccc(C)cc1. The number of alkyl carbamates (subject to hydrolysis) is 1. The quantitative estimate of drug-likeness (QED) is 0.352. The van der Waals surface area contributed by atoms with Crippen LogP contribution in [-0.4, -0.2) is 41.5 Å². The fourth-order valence-electron chi connectivity index (χ4n) is 4.10. The van der Waals surface area contributed by atoms with Gasteiger partial charge < -0.3 is 20.3 Å². The molecule has 7 nitrogen and oxygen atoms in total. The number of nitrogens with one attached hydrogen (secondary N) is 2. The molecular formula is C30H43N3O4. The van der Waals surface area contributed by atoms with Crippen LogP contribution in [-0.2, 0) is 14.3 Å². The van der Waals surface area contributed by atoms with Gasteiger partial charge in [-0.1, -0.05) is 74.2 Å². The topological polar surface area (TPSA) is 87.7 Å². The Morgan fingerprint density at radius 1 is 0.919 bits per heavy atom. The number of anilines is 1. The van der Waals surface area contributed by atoms with Crippen molar-refractivity contribution in [3.05, 3.63) is 64.7 Å². The number of rotatable bonds is 11. The van der Waals surface area contributed by atoms with Crippen LogP contribution >= 0.6 is 0 Å². The molecule has 0 saturated carbocycles. The van der Waals surface area contributed by atoms with Crippen molar-refractivity contribution >= 4 is 23.6 Å². The number of unbranched alkanes of at least 4 members (excludes halogenated alkanes) is 3. The van der Waals surface area contributed by atoms with Crippen LogP contribution < -0.4 is 10.6 Å². The van der Waals surface area contributed by atoms with E-state index in [2.05, 4.69) is 17.6 Å². The van der Waals surface area contributed by atoms with Crippen molar-refractivity contribution in [2.24, 2.45) is 0 Å². The normalized spacial score (nSPS) is 12.0. The molecule has 0 aliphatic heterocycles. The number of benzene rings is 2. The number of carbonyl (C=O) groups is 3. The van der Waals surface area contributed by atoms with Crippen molar-refractivity contribution < 1.29 is 19.1 Å². The van der Waals surface area contributed by atoms with Gasteiger partial charge in [-0.15, -0.1) is 0 Å². The summed E-state index contributed by atoms with van der Waals surface area (Å²) in [5, 5.41) is 5.64. The summed E-state index contributed by atoms with van der Waals surface area (Å²) in [5.41, 5.74) is 3.74. The number of ether oxygens (including phenoxy) is 1. The lowest BCUT2D eigenvalue weighted by atomic mass is 10.0. The number of nitrogens with zero attached hydrogens (tertiary/aromatic N) is 1. The highest BCUT2D eigenvalue weighted by molar-refractivity contribution is 5.99. The van der Waals surface area contributed by atoms with E-state index in [0.717, 1.165) is 53.6 Å². The number of hydrogen-bond donors (Lipinski definition) is 2. The minimum atomic E-state index is -0.853. The predicted octanol–water partition coefficient (Wildman–Crippen LogP) is 6.23. The standard InChI is InChI=1S/C30H43N3O4/c1-8-9-10-11-19-33(25(34)20-31-29(36)37-30(5,6)7)27(24-17-15-21(2)16-18-24)28(35)32-26-22(3)13-12-14-23(26)4/h12-18,27H,8-11,19-20H2,1-7H3,(H,31,36)(H,32,35). The third kappa shape index (κ3) is 9.56. The Balaban J connectivity index is 2.39. The molecule has 2 rings (SSSR count). The maximum absolute atomic E-state index is 13.8. The summed E-state index contributed by atoms with van der Waals surface area (Å²) in [6, 6.07) is 12.6. The van der Waals surface area contributed by atoms with E-state index in [-0.39, 0.29) is 18.4 Å². The average Bonchev–Trinajstić information content (AvgIpc) is 2.81. The first kappa shape index (κ1) is 29.9. The molecule has 2 N–H and O–H groups in total. The largest absolute Gasteiger partial charge is 0.444 e. The van der Waals surface area contributed by atoms with Gasteiger partial charge in [0, 0.05) is 12.2 Å². The monoisotopic (exact) mass is 509 g/mol. The van der Waals surface area contributed by atoms with Crippen molar-refractivity contribution in [3.8, 4) is 0 Å². The van der Waals surface area contributed by atoms with E-state index < -0.39 is 17.7 Å². The Labute approximate surface area is 222 Å². The minimum Gasteiger partial charge on any atom is -0.444 e. The van der Waals surface area contributed by atoms with E-state index in [1.54, 1.807) is 25.7 Å². The van der Waals surface area contributed by atoms with E-state index in [4.69, 9.17) is 4.74 Å². The molecule has 0 aliphatic carbocycles. The van der Waals surface area contributed by atoms with Crippen LogP contribution in [0.1, 0.15) is 81.7 Å². The minimum absolute atomic E-state index is 0.262. The van der Waals surface area contributed by atoms with Gasteiger partial charge in [0.05, 0.1) is 0 Å². The van der Waals surface area contributed by atoms with Crippen molar-refractivity contribution in [2.45, 2.75) is 85.8 Å². The van der Waals surface area contributed by atoms with Crippen LogP contribution in [0.2, 0.25) is 0 Å². The van der Waals surface area contributed by atoms with Crippen LogP contribution in [0, 0.1) is 20.8 Å². The zero-order chi connectivity index (χ0) is 27.6. The first-order valence-corrected chi connectivity index (χ1v) is 13.1. The molecule has 0 aliphatic rings. The van der Waals surface area contributed by atoms with Crippen LogP contribution in [0.3, 0.4) is 0 Å². The summed E-state index contributed by atoms with van der Waals surface area (Å²) in [5.74, 6) is -0.632. The molecular weight excluding hydrogens is 466 g/mol. The zero-order valence-corrected chi connectivity index (χ0v) is 23.4. The summed E-state index contributed by atoms with van der Waals surface area (Å²) in [6.07, 6.45) is 3.13. The van der Waals surface area contributed by atoms with Crippen molar-refractivity contribution in [2.75, 3.05) is 18.4 Å². The molecule has 7 heteroatoms. The van der Waals surface area contributed by atoms with Crippen LogP contribution in [0.25, 0.3) is 0 Å². The van der Waals surface area contributed by atoms with Crippen LogP contribution in [0.15, 0.2) is 42.5 Å². The van der Waals surface area contributed by atoms with Crippen molar-refractivity contribution in [1.82, 2.24) is 10.2 Å². The Bertz CT molecular complexity index is 1040.